The summed E-state index contributed by atoms with van der Waals surface area (Å²) in [7, 11) is 0. The van der Waals surface area contributed by atoms with Gasteiger partial charge in [0.1, 0.15) is 0 Å². The third kappa shape index (κ3) is 48.5. The summed E-state index contributed by atoms with van der Waals surface area (Å²) >= 11 is 0. The van der Waals surface area contributed by atoms with Crippen LogP contribution in [0, 0.1) is 0 Å². The van der Waals surface area contributed by atoms with Crippen molar-refractivity contribution in [3.05, 3.63) is 0 Å². The average Bonchev–Trinajstić information content (AvgIpc) is 0. The van der Waals surface area contributed by atoms with Crippen molar-refractivity contribution in [1.82, 2.24) is 0 Å². The van der Waals surface area contributed by atoms with Crippen LogP contribution in [0.3, 0.4) is 0 Å². The summed E-state index contributed by atoms with van der Waals surface area (Å²) in [5, 5.41) is 0. The monoisotopic (exact) mass is 163 g/mol. The van der Waals surface area contributed by atoms with Gasteiger partial charge in [-0.1, -0.05) is 0 Å². The minimum Gasteiger partial charge on any atom is -2.00 e. The van der Waals surface area contributed by atoms with E-state index in [0.29, 0.717) is 0 Å². The topological polar surface area (TPSA) is 85.5 Å². The molecule has 33 valence electrons. The molecule has 0 aromatic rings. The molecule has 0 saturated heterocycles. The predicted molar refractivity (Wildman–Crippen MR) is 2.06 cm³/mol. The Kier molecular flexibility index (Phi) is 1950. The van der Waals surface area contributed by atoms with Gasteiger partial charge in [0.2, 0.25) is 0 Å². The first-order valence-corrected chi connectivity index (χ1v) is 0. The maximum Gasteiger partial charge on any atom is 3.00 e. The molecule has 0 aliphatic carbocycles. The number of rotatable bonds is 0. The van der Waals surface area contributed by atoms with Gasteiger partial charge in [-0.05, 0) is 0 Å². The van der Waals surface area contributed by atoms with Crippen molar-refractivity contribution in [2.45, 2.75) is 0 Å². The minimum atomic E-state index is 0. The van der Waals surface area contributed by atoms with Crippen molar-refractivity contribution in [1.29, 1.82) is 0 Å². The van der Waals surface area contributed by atoms with E-state index in [1.165, 1.54) is 0 Å². The maximum atomic E-state index is 0. The van der Waals surface area contributed by atoms with E-state index >= 15 is 0 Å². The van der Waals surface area contributed by atoms with Gasteiger partial charge in [-0.3, -0.25) is 0 Å². The Balaban J connectivity index is 0. The van der Waals surface area contributed by atoms with Gasteiger partial charge in [-0.2, -0.15) is 0 Å². The zero-order valence-corrected chi connectivity index (χ0v) is 5.37. The van der Waals surface area contributed by atoms with Crippen LogP contribution in [0.1, 0.15) is 0 Å². The number of hydrogen-bond donors (Lipinski definition) is 0. The van der Waals surface area contributed by atoms with Crippen LogP contribution in [-0.2, 0) is 50.9 Å². The minimum absolute atomic E-state index is 0. The second kappa shape index (κ2) is 85.4. The van der Waals surface area contributed by atoms with Crippen molar-refractivity contribution >= 4 is 0 Å². The Bertz CT molecular complexity index is 10.8. The van der Waals surface area contributed by atoms with Gasteiger partial charge in [0.15, 0.2) is 0 Å². The Morgan fingerprint density at radius 2 is 0.667 bits per heavy atom. The third-order valence-electron chi connectivity index (χ3n) is 0. The van der Waals surface area contributed by atoms with Crippen LogP contribution in [0.15, 0.2) is 0 Å². The molecule has 0 heterocycles. The van der Waals surface area contributed by atoms with E-state index < -0.39 is 0 Å². The summed E-state index contributed by atoms with van der Waals surface area (Å²) in [6, 6.07) is 0. The van der Waals surface area contributed by atoms with Gasteiger partial charge in [0.25, 0.3) is 0 Å². The summed E-state index contributed by atoms with van der Waals surface area (Å²) in [5.74, 6) is 0. The van der Waals surface area contributed by atoms with E-state index in [1.54, 1.807) is 0 Å². The SMILES string of the molecule is [Cr+3].[Fe+2].[Li+].[O-2].[O-2].[O-2]. The van der Waals surface area contributed by atoms with Crippen molar-refractivity contribution in [2.24, 2.45) is 0 Å². The largest absolute Gasteiger partial charge is 3.00 e. The van der Waals surface area contributed by atoms with Crippen molar-refractivity contribution in [2.75, 3.05) is 0 Å². The van der Waals surface area contributed by atoms with Crippen LogP contribution < -0.4 is 18.9 Å². The zero-order valence-electron chi connectivity index (χ0n) is 2.99. The second-order valence-corrected chi connectivity index (χ2v) is 0. The Hall–Kier alpha value is 1.53. The Morgan fingerprint density at radius 1 is 0.667 bits per heavy atom. The third-order valence-corrected chi connectivity index (χ3v) is 0. The molecule has 0 fully saturated rings. The van der Waals surface area contributed by atoms with E-state index in [0.717, 1.165) is 0 Å². The molecule has 0 atom stereocenters. The molecule has 0 saturated carbocycles. The molecule has 1 radical (unpaired) electrons. The smallest absolute Gasteiger partial charge is 2.00 e. The molecular formula is CrFeLiO3. The molecule has 3 nitrogen and oxygen atoms in total. The normalized spacial score (nSPS) is 0. The van der Waals surface area contributed by atoms with E-state index in [-0.39, 0.29) is 69.7 Å². The maximum absolute atomic E-state index is 0. The van der Waals surface area contributed by atoms with Gasteiger partial charge >= 0.3 is 53.3 Å². The second-order valence-electron chi connectivity index (χ2n) is 0. The van der Waals surface area contributed by atoms with E-state index in [4.69, 9.17) is 0 Å². The summed E-state index contributed by atoms with van der Waals surface area (Å²) in [4.78, 5) is 0. The van der Waals surface area contributed by atoms with E-state index in [9.17, 15) is 0 Å². The van der Waals surface area contributed by atoms with Crippen LogP contribution in [0.25, 0.3) is 0 Å². The van der Waals surface area contributed by atoms with E-state index in [1.807, 2.05) is 0 Å². The van der Waals surface area contributed by atoms with Gasteiger partial charge in [-0.25, -0.2) is 0 Å². The first-order chi connectivity index (χ1) is 0. The quantitative estimate of drug-likeness (QED) is 0.334. The fourth-order valence-corrected chi connectivity index (χ4v) is 0. The standard InChI is InChI=1S/Cr.Fe.Li.3O/q+3;+2;+1;3*-2. The van der Waals surface area contributed by atoms with Crippen molar-refractivity contribution in [3.8, 4) is 0 Å². The molecule has 0 bridgehead atoms. The van der Waals surface area contributed by atoms with Crippen LogP contribution in [0.4, 0.5) is 0 Å². The molecule has 0 aliphatic rings. The first-order valence-electron chi connectivity index (χ1n) is 0. The predicted octanol–water partition coefficient (Wildman–Crippen LogP) is -3.36. The summed E-state index contributed by atoms with van der Waals surface area (Å²) in [6.07, 6.45) is 0. The van der Waals surface area contributed by atoms with Crippen LogP contribution in [-0.4, -0.2) is 0 Å². The molecule has 0 unspecified atom stereocenters. The molecule has 0 aliphatic heterocycles. The molecule has 0 aromatic carbocycles. The fourth-order valence-electron chi connectivity index (χ4n) is 0. The van der Waals surface area contributed by atoms with Gasteiger partial charge in [-0.15, -0.1) is 0 Å². The fraction of sp³-hybridized carbons (Fsp3) is 0. The molecule has 0 N–H and O–H groups in total. The molecule has 0 spiro atoms. The van der Waals surface area contributed by atoms with Crippen molar-refractivity contribution in [3.63, 3.8) is 0 Å². The molecule has 0 amide bonds. The van der Waals surface area contributed by atoms with Gasteiger partial charge < -0.3 is 16.4 Å². The molecular weight excluding hydrogens is 163 g/mol. The zero-order chi connectivity index (χ0) is 0. The van der Waals surface area contributed by atoms with Gasteiger partial charge in [0.05, 0.1) is 0 Å². The molecule has 6 heavy (non-hydrogen) atoms. The molecule has 0 rings (SSSR count). The van der Waals surface area contributed by atoms with Crippen LogP contribution in [0.2, 0.25) is 0 Å². The molecule has 0 aromatic heterocycles. The Labute approximate surface area is 69.6 Å². The summed E-state index contributed by atoms with van der Waals surface area (Å²) in [5.41, 5.74) is 0. The average molecular weight is 163 g/mol. The van der Waals surface area contributed by atoms with Crippen molar-refractivity contribution < 1.29 is 69.7 Å². The molecule has 6 heteroatoms. The van der Waals surface area contributed by atoms with Gasteiger partial charge in [0, 0.05) is 0 Å². The van der Waals surface area contributed by atoms with Crippen LogP contribution >= 0.6 is 0 Å². The number of hydrogen-bond acceptors (Lipinski definition) is 0. The van der Waals surface area contributed by atoms with Crippen LogP contribution in [0.5, 0.6) is 0 Å². The summed E-state index contributed by atoms with van der Waals surface area (Å²) < 4.78 is 0. The van der Waals surface area contributed by atoms with E-state index in [2.05, 4.69) is 0 Å². The Morgan fingerprint density at radius 3 is 0.667 bits per heavy atom. The first kappa shape index (κ1) is 137. The summed E-state index contributed by atoms with van der Waals surface area (Å²) in [6.45, 7) is 0.